The van der Waals surface area contributed by atoms with Crippen LogP contribution in [0.25, 0.3) is 0 Å². The van der Waals surface area contributed by atoms with Crippen LogP contribution in [0.4, 0.5) is 0 Å². The number of carbonyl (C=O) groups is 3. The first-order valence-electron chi connectivity index (χ1n) is 10.9. The van der Waals surface area contributed by atoms with Gasteiger partial charge in [0, 0.05) is 6.04 Å². The molecule has 5 nitrogen and oxygen atoms in total. The van der Waals surface area contributed by atoms with Crippen LogP contribution in [0, 0.1) is 0 Å². The van der Waals surface area contributed by atoms with Gasteiger partial charge in [0.2, 0.25) is 5.91 Å². The maximum atomic E-state index is 12.9. The van der Waals surface area contributed by atoms with Gasteiger partial charge in [0.1, 0.15) is 6.04 Å². The standard InChI is InChI=1S/C23H32N2O3/c1-17(25-22(27)19-15-11-12-16-20(19)23(25)28)21(26)24-18-13-9-7-5-3-2-4-6-8-10-14-18/h11-12,15-18H,2-10,13-14H2,1H3,(H,24,26). The predicted molar refractivity (Wildman–Crippen MR) is 109 cm³/mol. The lowest BCUT2D eigenvalue weighted by molar-refractivity contribution is -0.125. The Morgan fingerprint density at radius 2 is 1.29 bits per heavy atom. The minimum absolute atomic E-state index is 0.129. The molecule has 1 N–H and O–H groups in total. The van der Waals surface area contributed by atoms with Gasteiger partial charge in [0.05, 0.1) is 11.1 Å². The van der Waals surface area contributed by atoms with Crippen LogP contribution in [-0.4, -0.2) is 34.7 Å². The van der Waals surface area contributed by atoms with E-state index in [2.05, 4.69) is 5.32 Å². The van der Waals surface area contributed by atoms with E-state index in [1.807, 2.05) is 0 Å². The average Bonchev–Trinajstić information content (AvgIpc) is 2.94. The minimum atomic E-state index is -0.797. The Kier molecular flexibility index (Phi) is 7.24. The topological polar surface area (TPSA) is 66.5 Å². The molecule has 1 aliphatic heterocycles. The number of benzene rings is 1. The van der Waals surface area contributed by atoms with Gasteiger partial charge in [-0.1, -0.05) is 69.9 Å². The van der Waals surface area contributed by atoms with Crippen LogP contribution in [0.15, 0.2) is 24.3 Å². The van der Waals surface area contributed by atoms with Gasteiger partial charge in [-0.3, -0.25) is 19.3 Å². The average molecular weight is 385 g/mol. The highest BCUT2D eigenvalue weighted by atomic mass is 16.2. The van der Waals surface area contributed by atoms with Crippen molar-refractivity contribution in [1.29, 1.82) is 0 Å². The third-order valence-electron chi connectivity index (χ3n) is 6.04. The number of nitrogens with one attached hydrogen (secondary N) is 1. The normalized spacial score (nSPS) is 20.8. The van der Waals surface area contributed by atoms with E-state index in [9.17, 15) is 14.4 Å². The van der Waals surface area contributed by atoms with Crippen molar-refractivity contribution in [3.8, 4) is 0 Å². The van der Waals surface area contributed by atoms with Gasteiger partial charge in [-0.25, -0.2) is 0 Å². The van der Waals surface area contributed by atoms with Crippen molar-refractivity contribution >= 4 is 17.7 Å². The van der Waals surface area contributed by atoms with Crippen LogP contribution in [0.5, 0.6) is 0 Å². The molecule has 0 radical (unpaired) electrons. The summed E-state index contributed by atoms with van der Waals surface area (Å²) in [6.07, 6.45) is 13.1. The second-order valence-electron chi connectivity index (χ2n) is 8.17. The van der Waals surface area contributed by atoms with Gasteiger partial charge in [-0.15, -0.1) is 0 Å². The monoisotopic (exact) mass is 384 g/mol. The molecule has 5 heteroatoms. The first-order chi connectivity index (χ1) is 13.6. The molecule has 2 aliphatic rings. The second kappa shape index (κ2) is 9.85. The van der Waals surface area contributed by atoms with Crippen molar-refractivity contribution in [1.82, 2.24) is 10.2 Å². The summed E-state index contributed by atoms with van der Waals surface area (Å²) in [7, 11) is 0. The van der Waals surface area contributed by atoms with Crippen molar-refractivity contribution in [3.63, 3.8) is 0 Å². The summed E-state index contributed by atoms with van der Waals surface area (Å²) in [5.74, 6) is -0.976. The fourth-order valence-electron chi connectivity index (χ4n) is 4.31. The predicted octanol–water partition coefficient (Wildman–Crippen LogP) is 4.46. The summed E-state index contributed by atoms with van der Waals surface area (Å²) in [6, 6.07) is 6.10. The highest BCUT2D eigenvalue weighted by Crippen LogP contribution is 2.25. The lowest BCUT2D eigenvalue weighted by atomic mass is 9.97. The molecule has 28 heavy (non-hydrogen) atoms. The van der Waals surface area contributed by atoms with E-state index in [1.165, 1.54) is 44.9 Å². The van der Waals surface area contributed by atoms with E-state index < -0.39 is 6.04 Å². The Bertz CT molecular complexity index is 669. The van der Waals surface area contributed by atoms with E-state index in [0.717, 1.165) is 30.6 Å². The van der Waals surface area contributed by atoms with Gasteiger partial charge in [0.25, 0.3) is 11.8 Å². The van der Waals surface area contributed by atoms with Crippen LogP contribution in [0.1, 0.15) is 98.3 Å². The van der Waals surface area contributed by atoms with Crippen LogP contribution in [0.3, 0.4) is 0 Å². The number of hydrogen-bond donors (Lipinski definition) is 1. The van der Waals surface area contributed by atoms with Crippen LogP contribution in [0.2, 0.25) is 0 Å². The lowest BCUT2D eigenvalue weighted by Crippen LogP contribution is -2.50. The third-order valence-corrected chi connectivity index (χ3v) is 6.04. The van der Waals surface area contributed by atoms with Crippen molar-refractivity contribution in [2.24, 2.45) is 0 Å². The molecule has 0 saturated heterocycles. The molecule has 1 aliphatic carbocycles. The summed E-state index contributed by atoms with van der Waals surface area (Å²) < 4.78 is 0. The van der Waals surface area contributed by atoms with Crippen LogP contribution >= 0.6 is 0 Å². The largest absolute Gasteiger partial charge is 0.352 e. The van der Waals surface area contributed by atoms with Crippen LogP contribution < -0.4 is 5.32 Å². The van der Waals surface area contributed by atoms with Crippen molar-refractivity contribution in [2.45, 2.75) is 89.6 Å². The second-order valence-corrected chi connectivity index (χ2v) is 8.17. The molecule has 1 atom stereocenters. The highest BCUT2D eigenvalue weighted by molar-refractivity contribution is 6.22. The molecule has 3 rings (SSSR count). The Hall–Kier alpha value is -2.17. The van der Waals surface area contributed by atoms with E-state index in [4.69, 9.17) is 0 Å². The number of nitrogens with zero attached hydrogens (tertiary/aromatic N) is 1. The number of hydrogen-bond acceptors (Lipinski definition) is 3. The summed E-state index contributed by atoms with van der Waals surface area (Å²) >= 11 is 0. The molecule has 152 valence electrons. The molecule has 1 aromatic carbocycles. The summed E-state index contributed by atoms with van der Waals surface area (Å²) in [5.41, 5.74) is 0.774. The zero-order valence-electron chi connectivity index (χ0n) is 16.9. The molecule has 1 aromatic rings. The Morgan fingerprint density at radius 1 is 0.857 bits per heavy atom. The lowest BCUT2D eigenvalue weighted by Gasteiger charge is -2.25. The molecular weight excluding hydrogens is 352 g/mol. The van der Waals surface area contributed by atoms with Gasteiger partial charge in [-0.2, -0.15) is 0 Å². The summed E-state index contributed by atoms with van der Waals surface area (Å²) in [5, 5.41) is 3.13. The van der Waals surface area contributed by atoms with Crippen molar-refractivity contribution in [3.05, 3.63) is 35.4 Å². The van der Waals surface area contributed by atoms with E-state index in [1.54, 1.807) is 31.2 Å². The van der Waals surface area contributed by atoms with Crippen LogP contribution in [-0.2, 0) is 4.79 Å². The molecule has 1 saturated carbocycles. The number of amides is 3. The van der Waals surface area contributed by atoms with E-state index in [0.29, 0.717) is 11.1 Å². The van der Waals surface area contributed by atoms with E-state index >= 15 is 0 Å². The Balaban J connectivity index is 1.61. The van der Waals surface area contributed by atoms with Crippen molar-refractivity contribution in [2.75, 3.05) is 0 Å². The van der Waals surface area contributed by atoms with Gasteiger partial charge >= 0.3 is 0 Å². The molecule has 0 spiro atoms. The Labute approximate surface area is 167 Å². The first kappa shape index (κ1) is 20.6. The summed E-state index contributed by atoms with van der Waals surface area (Å²) in [4.78, 5) is 39.2. The fraction of sp³-hybridized carbons (Fsp3) is 0.609. The van der Waals surface area contributed by atoms with Gasteiger partial charge in [0.15, 0.2) is 0 Å². The molecular formula is C23H32N2O3. The first-order valence-corrected chi connectivity index (χ1v) is 10.9. The Morgan fingerprint density at radius 3 is 1.75 bits per heavy atom. The molecule has 0 bridgehead atoms. The number of rotatable bonds is 3. The zero-order chi connectivity index (χ0) is 19.9. The van der Waals surface area contributed by atoms with E-state index in [-0.39, 0.29) is 23.8 Å². The molecule has 1 unspecified atom stereocenters. The highest BCUT2D eigenvalue weighted by Gasteiger charge is 2.40. The van der Waals surface area contributed by atoms with Crippen molar-refractivity contribution < 1.29 is 14.4 Å². The molecule has 1 heterocycles. The smallest absolute Gasteiger partial charge is 0.262 e. The maximum absolute atomic E-state index is 12.9. The number of imide groups is 1. The zero-order valence-corrected chi connectivity index (χ0v) is 16.9. The minimum Gasteiger partial charge on any atom is -0.352 e. The van der Waals surface area contributed by atoms with Gasteiger partial charge in [-0.05, 0) is 31.9 Å². The third kappa shape index (κ3) is 4.81. The quantitative estimate of drug-likeness (QED) is 0.783. The molecule has 1 fully saturated rings. The SMILES string of the molecule is CC(C(=O)NC1CCCCCCCCCCC1)N1C(=O)c2ccccc2C1=O. The molecule has 0 aromatic heterocycles. The number of fused-ring (bicyclic) bond motifs is 1. The maximum Gasteiger partial charge on any atom is 0.262 e. The number of carbonyl (C=O) groups excluding carboxylic acids is 3. The fourth-order valence-corrected chi connectivity index (χ4v) is 4.31. The molecule has 3 amide bonds. The van der Waals surface area contributed by atoms with Gasteiger partial charge < -0.3 is 5.32 Å². The summed E-state index contributed by atoms with van der Waals surface area (Å²) in [6.45, 7) is 1.65.